The highest BCUT2D eigenvalue weighted by Gasteiger charge is 2.30. The van der Waals surface area contributed by atoms with Crippen LogP contribution in [0.5, 0.6) is 11.5 Å². The summed E-state index contributed by atoms with van der Waals surface area (Å²) in [6, 6.07) is 35.9. The lowest BCUT2D eigenvalue weighted by molar-refractivity contribution is -0.569. The monoisotopic (exact) mass is 462 g/mol. The Balaban J connectivity index is 1.49. The number of nitrogens with zero attached hydrogens (tertiary/aromatic N) is 1. The summed E-state index contributed by atoms with van der Waals surface area (Å²) in [5.41, 5.74) is 7.36. The molecular weight excluding hydrogens is 430 g/mol. The molecule has 3 nitrogen and oxygen atoms in total. The van der Waals surface area contributed by atoms with Crippen LogP contribution in [0.15, 0.2) is 103 Å². The minimum atomic E-state index is 0.292. The fourth-order valence-electron chi connectivity index (χ4n) is 4.87. The summed E-state index contributed by atoms with van der Waals surface area (Å²) in [4.78, 5) is 0. The van der Waals surface area contributed by atoms with Crippen molar-refractivity contribution in [2.75, 3.05) is 6.54 Å². The summed E-state index contributed by atoms with van der Waals surface area (Å²) < 4.78 is 15.2. The largest absolute Gasteiger partial charge is 0.489 e. The van der Waals surface area contributed by atoms with Crippen LogP contribution in [0.25, 0.3) is 0 Å². The van der Waals surface area contributed by atoms with Crippen molar-refractivity contribution in [3.05, 3.63) is 131 Å². The maximum Gasteiger partial charge on any atom is 0.184 e. The third-order valence-electron chi connectivity index (χ3n) is 6.81. The van der Waals surface area contributed by atoms with Crippen molar-refractivity contribution < 1.29 is 14.0 Å². The Morgan fingerprint density at radius 2 is 1.31 bits per heavy atom. The third-order valence-corrected chi connectivity index (χ3v) is 6.81. The van der Waals surface area contributed by atoms with Gasteiger partial charge >= 0.3 is 0 Å². The van der Waals surface area contributed by atoms with Crippen molar-refractivity contribution in [1.82, 2.24) is 0 Å². The van der Waals surface area contributed by atoms with Gasteiger partial charge in [0, 0.05) is 31.9 Å². The number of hydrogen-bond acceptors (Lipinski definition) is 2. The molecule has 5 rings (SSSR count). The normalized spacial score (nSPS) is 13.8. The molecule has 35 heavy (non-hydrogen) atoms. The predicted octanol–water partition coefficient (Wildman–Crippen LogP) is 6.98. The van der Waals surface area contributed by atoms with E-state index in [0.717, 1.165) is 35.6 Å². The zero-order valence-electron chi connectivity index (χ0n) is 20.5. The van der Waals surface area contributed by atoms with E-state index in [1.165, 1.54) is 22.4 Å². The van der Waals surface area contributed by atoms with Gasteiger partial charge in [-0.15, -0.1) is 0 Å². The van der Waals surface area contributed by atoms with Gasteiger partial charge in [-0.2, -0.15) is 0 Å². The Bertz CT molecular complexity index is 1300. The van der Waals surface area contributed by atoms with Crippen LogP contribution in [0.3, 0.4) is 0 Å². The van der Waals surface area contributed by atoms with Crippen LogP contribution in [-0.2, 0) is 19.6 Å². The van der Waals surface area contributed by atoms with Crippen molar-refractivity contribution in [2.24, 2.45) is 0 Å². The topological polar surface area (TPSA) is 21.5 Å². The average Bonchev–Trinajstić information content (AvgIpc) is 2.92. The average molecular weight is 463 g/mol. The lowest BCUT2D eigenvalue weighted by atomic mass is 9.94. The summed E-state index contributed by atoms with van der Waals surface area (Å²) >= 11 is 0. The predicted molar refractivity (Wildman–Crippen MR) is 141 cm³/mol. The van der Waals surface area contributed by atoms with Crippen molar-refractivity contribution in [3.8, 4) is 11.5 Å². The van der Waals surface area contributed by atoms with Gasteiger partial charge in [0.2, 0.25) is 0 Å². The minimum absolute atomic E-state index is 0.292. The SMILES string of the molecule is CC1=[N+]([C@H](C)c2ccccc2)CCc2cc(OCc3ccccc3)cc(OCc3ccccc3)c21. The van der Waals surface area contributed by atoms with Gasteiger partial charge in [-0.05, 0) is 22.8 Å². The van der Waals surface area contributed by atoms with Crippen LogP contribution in [-0.4, -0.2) is 16.8 Å². The first-order valence-electron chi connectivity index (χ1n) is 12.3. The molecule has 0 bridgehead atoms. The summed E-state index contributed by atoms with van der Waals surface area (Å²) in [6.45, 7) is 6.53. The Hall–Kier alpha value is -3.85. The Morgan fingerprint density at radius 3 is 1.94 bits per heavy atom. The summed E-state index contributed by atoms with van der Waals surface area (Å²) in [5, 5.41) is 0. The van der Waals surface area contributed by atoms with Gasteiger partial charge in [0.1, 0.15) is 31.3 Å². The van der Waals surface area contributed by atoms with Crippen LogP contribution in [0, 0.1) is 0 Å². The maximum absolute atomic E-state index is 6.46. The highest BCUT2D eigenvalue weighted by molar-refractivity contribution is 6.00. The molecule has 0 amide bonds. The number of rotatable bonds is 8. The molecule has 0 N–H and O–H groups in total. The minimum Gasteiger partial charge on any atom is -0.489 e. The molecule has 0 saturated carbocycles. The molecule has 0 radical (unpaired) electrons. The van der Waals surface area contributed by atoms with Gasteiger partial charge in [-0.3, -0.25) is 0 Å². The molecule has 176 valence electrons. The fourth-order valence-corrected chi connectivity index (χ4v) is 4.87. The highest BCUT2D eigenvalue weighted by atomic mass is 16.5. The Kier molecular flexibility index (Phi) is 6.94. The second-order valence-corrected chi connectivity index (χ2v) is 9.12. The van der Waals surface area contributed by atoms with Crippen LogP contribution >= 0.6 is 0 Å². The van der Waals surface area contributed by atoms with Crippen LogP contribution in [0.4, 0.5) is 0 Å². The van der Waals surface area contributed by atoms with Gasteiger partial charge in [-0.1, -0.05) is 91.0 Å². The van der Waals surface area contributed by atoms with Crippen molar-refractivity contribution in [3.63, 3.8) is 0 Å². The van der Waals surface area contributed by atoms with Crippen LogP contribution in [0.2, 0.25) is 0 Å². The van der Waals surface area contributed by atoms with Gasteiger partial charge in [-0.25, -0.2) is 4.58 Å². The van der Waals surface area contributed by atoms with E-state index in [4.69, 9.17) is 9.47 Å². The van der Waals surface area contributed by atoms with Crippen LogP contribution < -0.4 is 9.47 Å². The fraction of sp³-hybridized carbons (Fsp3) is 0.219. The second kappa shape index (κ2) is 10.6. The number of ether oxygens (including phenoxy) is 2. The highest BCUT2D eigenvalue weighted by Crippen LogP contribution is 2.34. The zero-order chi connectivity index (χ0) is 24.0. The quantitative estimate of drug-likeness (QED) is 0.263. The van der Waals surface area contributed by atoms with Gasteiger partial charge in [0.25, 0.3) is 0 Å². The molecule has 1 atom stereocenters. The molecule has 0 spiro atoms. The van der Waals surface area contributed by atoms with Gasteiger partial charge < -0.3 is 9.47 Å². The van der Waals surface area contributed by atoms with E-state index in [1.807, 2.05) is 36.4 Å². The van der Waals surface area contributed by atoms with E-state index in [0.29, 0.717) is 19.3 Å². The molecule has 1 aliphatic rings. The molecule has 4 aromatic rings. The Morgan fingerprint density at radius 1 is 0.743 bits per heavy atom. The molecule has 3 heteroatoms. The van der Waals surface area contributed by atoms with Crippen molar-refractivity contribution in [1.29, 1.82) is 0 Å². The lowest BCUT2D eigenvalue weighted by Gasteiger charge is -2.24. The third kappa shape index (κ3) is 5.30. The van der Waals surface area contributed by atoms with E-state index in [9.17, 15) is 0 Å². The second-order valence-electron chi connectivity index (χ2n) is 9.12. The Labute approximate surface area is 208 Å². The van der Waals surface area contributed by atoms with Crippen molar-refractivity contribution >= 4 is 5.71 Å². The zero-order valence-corrected chi connectivity index (χ0v) is 20.5. The van der Waals surface area contributed by atoms with E-state index >= 15 is 0 Å². The van der Waals surface area contributed by atoms with Crippen molar-refractivity contribution in [2.45, 2.75) is 39.5 Å². The first-order chi connectivity index (χ1) is 17.2. The van der Waals surface area contributed by atoms with Gasteiger partial charge in [0.15, 0.2) is 11.8 Å². The van der Waals surface area contributed by atoms with E-state index in [1.54, 1.807) is 0 Å². The van der Waals surface area contributed by atoms with Gasteiger partial charge in [0.05, 0.1) is 5.56 Å². The number of fused-ring (bicyclic) bond motifs is 1. The van der Waals surface area contributed by atoms with E-state index in [2.05, 4.69) is 85.2 Å². The molecule has 0 aromatic heterocycles. The smallest absolute Gasteiger partial charge is 0.184 e. The molecule has 0 saturated heterocycles. The molecule has 0 fully saturated rings. The molecule has 4 aromatic carbocycles. The van der Waals surface area contributed by atoms with Crippen LogP contribution in [0.1, 0.15) is 47.7 Å². The molecule has 1 aliphatic heterocycles. The number of hydrogen-bond donors (Lipinski definition) is 0. The number of benzene rings is 4. The van der Waals surface area contributed by atoms with E-state index < -0.39 is 0 Å². The summed E-state index contributed by atoms with van der Waals surface area (Å²) in [7, 11) is 0. The summed E-state index contributed by atoms with van der Waals surface area (Å²) in [6.07, 6.45) is 0.952. The standard InChI is InChI=1S/C32H32NO2/c1-24(28-16-10-5-11-17-28)33-19-18-29-20-30(34-22-26-12-6-3-7-13-26)21-31(32(29)25(33)2)35-23-27-14-8-4-9-15-27/h3-17,20-21,24H,18-19,22-23H2,1-2H3/q+1/t24-/m1/s1. The lowest BCUT2D eigenvalue weighted by Crippen LogP contribution is -2.31. The molecule has 0 unspecified atom stereocenters. The molecular formula is C32H32NO2+. The molecule has 0 aliphatic carbocycles. The first-order valence-corrected chi connectivity index (χ1v) is 12.3. The maximum atomic E-state index is 6.46. The first kappa shape index (κ1) is 22.9. The van der Waals surface area contributed by atoms with E-state index in [-0.39, 0.29) is 0 Å². The summed E-state index contributed by atoms with van der Waals surface area (Å²) in [5.74, 6) is 1.74. The molecule has 1 heterocycles.